The minimum Gasteiger partial charge on any atom is -0.328 e. The summed E-state index contributed by atoms with van der Waals surface area (Å²) in [4.78, 5) is 2.45. The summed E-state index contributed by atoms with van der Waals surface area (Å²) in [7, 11) is 2.23. The van der Waals surface area contributed by atoms with Gasteiger partial charge >= 0.3 is 0 Å². The normalized spacial score (nSPS) is 45.8. The van der Waals surface area contributed by atoms with Crippen LogP contribution in [0, 0.1) is 11.8 Å². The Bertz CT molecular complexity index is 146. The highest BCUT2D eigenvalue weighted by Crippen LogP contribution is 2.34. The van der Waals surface area contributed by atoms with Crippen molar-refractivity contribution in [3.8, 4) is 0 Å². The second-order valence-electron chi connectivity index (χ2n) is 4.31. The molecular formula is C9H18N2. The standard InChI is InChI=1S/C9H18N2/c1-11-5-7-2-3-9(10)4-8(7)6-11/h7-9H,2-6,10H2,1H3. The van der Waals surface area contributed by atoms with Crippen LogP contribution in [0.1, 0.15) is 19.3 Å². The van der Waals surface area contributed by atoms with Crippen molar-refractivity contribution in [2.45, 2.75) is 25.3 Å². The lowest BCUT2D eigenvalue weighted by molar-refractivity contribution is 0.271. The number of nitrogens with zero attached hydrogens (tertiary/aromatic N) is 1. The van der Waals surface area contributed by atoms with Crippen molar-refractivity contribution in [2.75, 3.05) is 20.1 Å². The molecule has 1 saturated carbocycles. The Morgan fingerprint density at radius 2 is 1.91 bits per heavy atom. The molecule has 11 heavy (non-hydrogen) atoms. The van der Waals surface area contributed by atoms with Crippen LogP contribution in [0.25, 0.3) is 0 Å². The minimum atomic E-state index is 0.503. The molecule has 0 spiro atoms. The van der Waals surface area contributed by atoms with Gasteiger partial charge in [-0.2, -0.15) is 0 Å². The van der Waals surface area contributed by atoms with Gasteiger partial charge in [0.05, 0.1) is 0 Å². The molecule has 1 saturated heterocycles. The van der Waals surface area contributed by atoms with Gasteiger partial charge in [0.25, 0.3) is 0 Å². The average molecular weight is 154 g/mol. The molecule has 2 aliphatic rings. The van der Waals surface area contributed by atoms with Crippen LogP contribution in [-0.4, -0.2) is 31.1 Å². The van der Waals surface area contributed by atoms with E-state index in [4.69, 9.17) is 5.73 Å². The first kappa shape index (κ1) is 7.56. The zero-order valence-electron chi connectivity index (χ0n) is 7.29. The third-order valence-electron chi connectivity index (χ3n) is 3.27. The molecule has 64 valence electrons. The Morgan fingerprint density at radius 1 is 1.18 bits per heavy atom. The van der Waals surface area contributed by atoms with Gasteiger partial charge in [0.2, 0.25) is 0 Å². The highest BCUT2D eigenvalue weighted by molar-refractivity contribution is 4.89. The van der Waals surface area contributed by atoms with E-state index in [9.17, 15) is 0 Å². The highest BCUT2D eigenvalue weighted by Gasteiger charge is 2.34. The van der Waals surface area contributed by atoms with Gasteiger partial charge < -0.3 is 10.6 Å². The molecule has 2 N–H and O–H groups in total. The van der Waals surface area contributed by atoms with E-state index in [-0.39, 0.29) is 0 Å². The zero-order valence-corrected chi connectivity index (χ0v) is 7.29. The van der Waals surface area contributed by atoms with Crippen molar-refractivity contribution in [3.05, 3.63) is 0 Å². The summed E-state index contributed by atoms with van der Waals surface area (Å²) in [6.45, 7) is 2.61. The van der Waals surface area contributed by atoms with Crippen LogP contribution in [0.4, 0.5) is 0 Å². The van der Waals surface area contributed by atoms with Gasteiger partial charge in [0.15, 0.2) is 0 Å². The van der Waals surface area contributed by atoms with Crippen molar-refractivity contribution >= 4 is 0 Å². The molecule has 2 fully saturated rings. The Morgan fingerprint density at radius 3 is 2.73 bits per heavy atom. The molecule has 0 amide bonds. The van der Waals surface area contributed by atoms with Crippen LogP contribution >= 0.6 is 0 Å². The lowest BCUT2D eigenvalue weighted by atomic mass is 9.79. The topological polar surface area (TPSA) is 29.3 Å². The molecule has 1 heterocycles. The van der Waals surface area contributed by atoms with Gasteiger partial charge in [0.1, 0.15) is 0 Å². The van der Waals surface area contributed by atoms with Crippen molar-refractivity contribution in [3.63, 3.8) is 0 Å². The number of hydrogen-bond acceptors (Lipinski definition) is 2. The minimum absolute atomic E-state index is 0.503. The molecule has 3 unspecified atom stereocenters. The van der Waals surface area contributed by atoms with Gasteiger partial charge in [-0.15, -0.1) is 0 Å². The number of hydrogen-bond donors (Lipinski definition) is 1. The van der Waals surface area contributed by atoms with Crippen molar-refractivity contribution in [1.29, 1.82) is 0 Å². The second kappa shape index (κ2) is 2.76. The summed E-state index contributed by atoms with van der Waals surface area (Å²) in [5, 5.41) is 0. The van der Waals surface area contributed by atoms with Crippen LogP contribution in [0.15, 0.2) is 0 Å². The predicted molar refractivity (Wildman–Crippen MR) is 46.3 cm³/mol. The third kappa shape index (κ3) is 1.42. The van der Waals surface area contributed by atoms with Crippen molar-refractivity contribution < 1.29 is 0 Å². The molecule has 2 rings (SSSR count). The van der Waals surface area contributed by atoms with Crippen LogP contribution < -0.4 is 5.73 Å². The molecule has 2 heteroatoms. The number of nitrogens with two attached hydrogens (primary N) is 1. The van der Waals surface area contributed by atoms with E-state index in [1.807, 2.05) is 0 Å². The van der Waals surface area contributed by atoms with Crippen LogP contribution in [0.3, 0.4) is 0 Å². The molecule has 3 atom stereocenters. The SMILES string of the molecule is CN1CC2CCC(N)CC2C1. The van der Waals surface area contributed by atoms with E-state index in [0.717, 1.165) is 11.8 Å². The van der Waals surface area contributed by atoms with Crippen LogP contribution in [0.2, 0.25) is 0 Å². The fourth-order valence-corrected chi connectivity index (χ4v) is 2.70. The molecule has 0 radical (unpaired) electrons. The second-order valence-corrected chi connectivity index (χ2v) is 4.31. The molecular weight excluding hydrogens is 136 g/mol. The molecule has 0 aromatic rings. The lowest BCUT2D eigenvalue weighted by Crippen LogP contribution is -2.32. The third-order valence-corrected chi connectivity index (χ3v) is 3.27. The molecule has 2 nitrogen and oxygen atoms in total. The summed E-state index contributed by atoms with van der Waals surface area (Å²) < 4.78 is 0. The number of likely N-dealkylation sites (tertiary alicyclic amines) is 1. The first-order valence-corrected chi connectivity index (χ1v) is 4.70. The average Bonchev–Trinajstić information content (AvgIpc) is 2.27. The summed E-state index contributed by atoms with van der Waals surface area (Å²) in [6, 6.07) is 0.503. The van der Waals surface area contributed by atoms with E-state index in [1.54, 1.807) is 0 Å². The fourth-order valence-electron chi connectivity index (χ4n) is 2.70. The maximum absolute atomic E-state index is 5.92. The number of fused-ring (bicyclic) bond motifs is 1. The van der Waals surface area contributed by atoms with Gasteiger partial charge in [-0.1, -0.05) is 0 Å². The van der Waals surface area contributed by atoms with E-state index >= 15 is 0 Å². The van der Waals surface area contributed by atoms with Crippen LogP contribution in [-0.2, 0) is 0 Å². The molecule has 0 aromatic carbocycles. The molecule has 0 bridgehead atoms. The van der Waals surface area contributed by atoms with Gasteiger partial charge in [-0.05, 0) is 38.1 Å². The smallest absolute Gasteiger partial charge is 0.00421 e. The van der Waals surface area contributed by atoms with Gasteiger partial charge in [-0.25, -0.2) is 0 Å². The summed E-state index contributed by atoms with van der Waals surface area (Å²) >= 11 is 0. The van der Waals surface area contributed by atoms with E-state index in [1.165, 1.54) is 32.4 Å². The first-order chi connectivity index (χ1) is 5.25. The Labute approximate surface area is 68.7 Å². The predicted octanol–water partition coefficient (Wildman–Crippen LogP) is 0.675. The summed E-state index contributed by atoms with van der Waals surface area (Å²) in [5.74, 6) is 1.89. The lowest BCUT2D eigenvalue weighted by Gasteiger charge is -2.28. The maximum Gasteiger partial charge on any atom is 0.00421 e. The molecule has 1 aliphatic carbocycles. The Balaban J connectivity index is 1.97. The van der Waals surface area contributed by atoms with E-state index in [0.29, 0.717) is 6.04 Å². The Hall–Kier alpha value is -0.0800. The fraction of sp³-hybridized carbons (Fsp3) is 1.00. The molecule has 1 aliphatic heterocycles. The van der Waals surface area contributed by atoms with Gasteiger partial charge in [0, 0.05) is 19.1 Å². The highest BCUT2D eigenvalue weighted by atomic mass is 15.1. The largest absolute Gasteiger partial charge is 0.328 e. The quantitative estimate of drug-likeness (QED) is 0.556. The molecule has 0 aromatic heterocycles. The van der Waals surface area contributed by atoms with Crippen molar-refractivity contribution in [2.24, 2.45) is 17.6 Å². The van der Waals surface area contributed by atoms with E-state index in [2.05, 4.69) is 11.9 Å². The monoisotopic (exact) mass is 154 g/mol. The van der Waals surface area contributed by atoms with E-state index < -0.39 is 0 Å². The van der Waals surface area contributed by atoms with Gasteiger partial charge in [-0.3, -0.25) is 0 Å². The zero-order chi connectivity index (χ0) is 7.84. The summed E-state index contributed by atoms with van der Waals surface area (Å²) in [6.07, 6.45) is 3.90. The van der Waals surface area contributed by atoms with Crippen molar-refractivity contribution in [1.82, 2.24) is 4.90 Å². The maximum atomic E-state index is 5.92. The summed E-state index contributed by atoms with van der Waals surface area (Å²) in [5.41, 5.74) is 5.92. The first-order valence-electron chi connectivity index (χ1n) is 4.70. The number of rotatable bonds is 0. The van der Waals surface area contributed by atoms with Crippen LogP contribution in [0.5, 0.6) is 0 Å². The Kier molecular flexibility index (Phi) is 1.90.